The standard InChI is InChI=1S/C12H27N3/c1-10(2,3)11(4,5)8-12(6,7)15-9(13)14/h8H2,1-7H3,(H4,13,14,15). The largest absolute Gasteiger partial charge is 0.370 e. The lowest BCUT2D eigenvalue weighted by Crippen LogP contribution is -2.38. The Kier molecular flexibility index (Phi) is 3.83. The average Bonchev–Trinajstić information content (AvgIpc) is 1.75. The lowest BCUT2D eigenvalue weighted by atomic mass is 9.64. The minimum Gasteiger partial charge on any atom is -0.370 e. The molecule has 0 fully saturated rings. The fraction of sp³-hybridized carbons (Fsp3) is 0.917. The molecule has 3 heteroatoms. The van der Waals surface area contributed by atoms with E-state index in [0.29, 0.717) is 0 Å². The molecule has 3 nitrogen and oxygen atoms in total. The molecule has 0 radical (unpaired) electrons. The van der Waals surface area contributed by atoms with Crippen LogP contribution in [0.4, 0.5) is 0 Å². The molecule has 15 heavy (non-hydrogen) atoms. The van der Waals surface area contributed by atoms with Gasteiger partial charge in [0.05, 0.1) is 5.54 Å². The molecule has 4 N–H and O–H groups in total. The first-order valence-corrected chi connectivity index (χ1v) is 5.48. The lowest BCUT2D eigenvalue weighted by Gasteiger charge is -2.42. The summed E-state index contributed by atoms with van der Waals surface area (Å²) in [6, 6.07) is 0. The zero-order valence-electron chi connectivity index (χ0n) is 11.3. The van der Waals surface area contributed by atoms with Crippen molar-refractivity contribution < 1.29 is 0 Å². The van der Waals surface area contributed by atoms with Crippen LogP contribution in [-0.2, 0) is 0 Å². The van der Waals surface area contributed by atoms with Crippen LogP contribution in [0.25, 0.3) is 0 Å². The molecule has 0 aromatic rings. The maximum absolute atomic E-state index is 5.43. The number of aliphatic imine (C=N–C) groups is 1. The number of guanidine groups is 1. The van der Waals surface area contributed by atoms with E-state index in [1.54, 1.807) is 0 Å². The van der Waals surface area contributed by atoms with Crippen LogP contribution in [0.3, 0.4) is 0 Å². The van der Waals surface area contributed by atoms with Crippen molar-refractivity contribution in [2.45, 2.75) is 60.4 Å². The van der Waals surface area contributed by atoms with E-state index >= 15 is 0 Å². The van der Waals surface area contributed by atoms with Crippen LogP contribution < -0.4 is 11.5 Å². The molecule has 0 amide bonds. The van der Waals surface area contributed by atoms with Crippen molar-refractivity contribution in [3.63, 3.8) is 0 Å². The van der Waals surface area contributed by atoms with Crippen molar-refractivity contribution in [2.24, 2.45) is 27.3 Å². The van der Waals surface area contributed by atoms with Gasteiger partial charge in [-0.2, -0.15) is 0 Å². The summed E-state index contributed by atoms with van der Waals surface area (Å²) in [5, 5.41) is 0. The van der Waals surface area contributed by atoms with E-state index in [1.807, 2.05) is 0 Å². The Hall–Kier alpha value is -0.730. The fourth-order valence-electron chi connectivity index (χ4n) is 1.74. The molecule has 0 aromatic heterocycles. The molecule has 0 bridgehead atoms. The van der Waals surface area contributed by atoms with Crippen LogP contribution in [0.5, 0.6) is 0 Å². The summed E-state index contributed by atoms with van der Waals surface area (Å²) in [5.41, 5.74) is 11.1. The third kappa shape index (κ3) is 4.54. The third-order valence-electron chi connectivity index (χ3n) is 3.34. The van der Waals surface area contributed by atoms with Gasteiger partial charge in [0.2, 0.25) is 0 Å². The van der Waals surface area contributed by atoms with Gasteiger partial charge in [-0.3, -0.25) is 0 Å². The first kappa shape index (κ1) is 14.3. The van der Waals surface area contributed by atoms with Crippen LogP contribution in [0.15, 0.2) is 4.99 Å². The molecule has 0 rings (SSSR count). The van der Waals surface area contributed by atoms with Crippen LogP contribution in [0.2, 0.25) is 0 Å². The van der Waals surface area contributed by atoms with Crippen LogP contribution in [0.1, 0.15) is 54.9 Å². The topological polar surface area (TPSA) is 64.4 Å². The monoisotopic (exact) mass is 213 g/mol. The van der Waals surface area contributed by atoms with E-state index in [1.165, 1.54) is 0 Å². The molecule has 0 aliphatic rings. The second-order valence-corrected chi connectivity index (χ2v) is 6.66. The highest BCUT2D eigenvalue weighted by Crippen LogP contribution is 2.44. The van der Waals surface area contributed by atoms with E-state index in [4.69, 9.17) is 11.5 Å². The molecular formula is C12H27N3. The van der Waals surface area contributed by atoms with Crippen molar-refractivity contribution in [1.29, 1.82) is 0 Å². The predicted molar refractivity (Wildman–Crippen MR) is 67.7 cm³/mol. The second-order valence-electron chi connectivity index (χ2n) is 6.66. The highest BCUT2D eigenvalue weighted by Gasteiger charge is 2.37. The Labute approximate surface area is 94.3 Å². The van der Waals surface area contributed by atoms with Gasteiger partial charge in [0.25, 0.3) is 0 Å². The van der Waals surface area contributed by atoms with Crippen LogP contribution >= 0.6 is 0 Å². The van der Waals surface area contributed by atoms with Crippen molar-refractivity contribution in [1.82, 2.24) is 0 Å². The fourth-order valence-corrected chi connectivity index (χ4v) is 1.74. The van der Waals surface area contributed by atoms with Crippen molar-refractivity contribution in [3.05, 3.63) is 0 Å². The summed E-state index contributed by atoms with van der Waals surface area (Å²) in [5.74, 6) is 0.171. The Balaban J connectivity index is 4.81. The highest BCUT2D eigenvalue weighted by molar-refractivity contribution is 5.76. The van der Waals surface area contributed by atoms with Crippen molar-refractivity contribution in [2.75, 3.05) is 0 Å². The zero-order valence-corrected chi connectivity index (χ0v) is 11.3. The van der Waals surface area contributed by atoms with Gasteiger partial charge in [0.15, 0.2) is 5.96 Å². The van der Waals surface area contributed by atoms with Crippen molar-refractivity contribution in [3.8, 4) is 0 Å². The lowest BCUT2D eigenvalue weighted by molar-refractivity contribution is 0.0941. The molecule has 0 heterocycles. The second kappa shape index (κ2) is 4.03. The molecular weight excluding hydrogens is 186 g/mol. The molecule has 0 saturated carbocycles. The van der Waals surface area contributed by atoms with E-state index in [0.717, 1.165) is 6.42 Å². The summed E-state index contributed by atoms with van der Waals surface area (Å²) >= 11 is 0. The zero-order chi connectivity index (χ0) is 12.5. The van der Waals surface area contributed by atoms with Gasteiger partial charge in [-0.1, -0.05) is 34.6 Å². The number of rotatable bonds is 3. The molecule has 0 unspecified atom stereocenters. The quantitative estimate of drug-likeness (QED) is 0.559. The van der Waals surface area contributed by atoms with Gasteiger partial charge in [0.1, 0.15) is 0 Å². The van der Waals surface area contributed by atoms with E-state index in [-0.39, 0.29) is 22.3 Å². The molecule has 0 aromatic carbocycles. The van der Waals surface area contributed by atoms with Crippen molar-refractivity contribution >= 4 is 5.96 Å². The highest BCUT2D eigenvalue weighted by atomic mass is 15.0. The maximum Gasteiger partial charge on any atom is 0.186 e. The number of nitrogens with zero attached hydrogens (tertiary/aromatic N) is 1. The predicted octanol–water partition coefficient (Wildman–Crippen LogP) is 2.50. The van der Waals surface area contributed by atoms with Gasteiger partial charge in [-0.05, 0) is 31.1 Å². The summed E-state index contributed by atoms with van der Waals surface area (Å²) in [4.78, 5) is 4.28. The molecule has 0 aliphatic carbocycles. The molecule has 0 saturated heterocycles. The Morgan fingerprint density at radius 3 is 1.60 bits per heavy atom. The Bertz CT molecular complexity index is 240. The number of hydrogen-bond donors (Lipinski definition) is 2. The van der Waals surface area contributed by atoms with Crippen LogP contribution in [-0.4, -0.2) is 11.5 Å². The smallest absolute Gasteiger partial charge is 0.186 e. The molecule has 0 atom stereocenters. The molecule has 90 valence electrons. The minimum absolute atomic E-state index is 0.171. The summed E-state index contributed by atoms with van der Waals surface area (Å²) in [6.45, 7) is 15.4. The molecule has 0 aliphatic heterocycles. The van der Waals surface area contributed by atoms with Gasteiger partial charge < -0.3 is 11.5 Å². The summed E-state index contributed by atoms with van der Waals surface area (Å²) < 4.78 is 0. The third-order valence-corrected chi connectivity index (χ3v) is 3.34. The van der Waals surface area contributed by atoms with Crippen LogP contribution in [0, 0.1) is 10.8 Å². The maximum atomic E-state index is 5.43. The first-order valence-electron chi connectivity index (χ1n) is 5.48. The number of hydrogen-bond acceptors (Lipinski definition) is 1. The van der Waals surface area contributed by atoms with Gasteiger partial charge in [-0.15, -0.1) is 0 Å². The van der Waals surface area contributed by atoms with E-state index < -0.39 is 0 Å². The van der Waals surface area contributed by atoms with E-state index in [2.05, 4.69) is 53.5 Å². The Morgan fingerprint density at radius 2 is 1.33 bits per heavy atom. The Morgan fingerprint density at radius 1 is 0.933 bits per heavy atom. The van der Waals surface area contributed by atoms with Gasteiger partial charge in [-0.25, -0.2) is 4.99 Å². The molecule has 0 spiro atoms. The minimum atomic E-state index is -0.199. The van der Waals surface area contributed by atoms with Gasteiger partial charge in [0, 0.05) is 0 Å². The number of nitrogens with two attached hydrogens (primary N) is 2. The normalized spacial score (nSPS) is 13.8. The van der Waals surface area contributed by atoms with Gasteiger partial charge >= 0.3 is 0 Å². The summed E-state index contributed by atoms with van der Waals surface area (Å²) in [7, 11) is 0. The first-order chi connectivity index (χ1) is 6.37. The van der Waals surface area contributed by atoms with E-state index in [9.17, 15) is 0 Å². The summed E-state index contributed by atoms with van der Waals surface area (Å²) in [6.07, 6.45) is 0.960. The SMILES string of the molecule is CC(C)(CC(C)(C)C(C)(C)C)N=C(N)N. The average molecular weight is 213 g/mol.